The number of aliphatic imine (C=N–C) groups is 1. The highest BCUT2D eigenvalue weighted by Gasteiger charge is 2.29. The van der Waals surface area contributed by atoms with Crippen molar-refractivity contribution in [2.45, 2.75) is 62.7 Å². The van der Waals surface area contributed by atoms with Crippen molar-refractivity contribution in [1.82, 2.24) is 16.0 Å². The lowest BCUT2D eigenvalue weighted by Crippen LogP contribution is -2.57. The van der Waals surface area contributed by atoms with Gasteiger partial charge in [-0.15, -0.1) is 0 Å². The standard InChI is InChI=1S/C20H40N8O6S/c1-35-10-7-14(26-16(30)12(22)5-4-9-25-20(23)24)18(32)27-13(6-2-3-8-21)17(31)28-15(11-29)19(33)34/h12-15,29H,2-11,21-22H2,1H3,(H,26,30)(H,27,32)(H,28,31)(H,33,34)(H4,23,24,25). The van der Waals surface area contributed by atoms with Crippen molar-refractivity contribution in [2.75, 3.05) is 31.7 Å². The van der Waals surface area contributed by atoms with Gasteiger partial charge in [-0.3, -0.25) is 19.4 Å². The fourth-order valence-corrected chi connectivity index (χ4v) is 3.40. The van der Waals surface area contributed by atoms with Crippen LogP contribution in [0.1, 0.15) is 38.5 Å². The lowest BCUT2D eigenvalue weighted by atomic mass is 10.1. The van der Waals surface area contributed by atoms with Gasteiger partial charge in [-0.2, -0.15) is 11.8 Å². The average molecular weight is 521 g/mol. The summed E-state index contributed by atoms with van der Waals surface area (Å²) in [6, 6.07) is -4.44. The number of amides is 3. The number of carbonyl (C=O) groups excluding carboxylic acids is 3. The van der Waals surface area contributed by atoms with Gasteiger partial charge >= 0.3 is 5.97 Å². The third kappa shape index (κ3) is 14.4. The number of aliphatic hydroxyl groups excluding tert-OH is 1. The molecule has 0 saturated carbocycles. The van der Waals surface area contributed by atoms with Gasteiger partial charge in [-0.25, -0.2) is 4.79 Å². The average Bonchev–Trinajstić information content (AvgIpc) is 2.81. The second-order valence-corrected chi connectivity index (χ2v) is 8.81. The molecule has 0 aliphatic carbocycles. The van der Waals surface area contributed by atoms with E-state index in [0.29, 0.717) is 44.5 Å². The number of hydrogen-bond acceptors (Lipinski definition) is 9. The van der Waals surface area contributed by atoms with Crippen LogP contribution in [-0.4, -0.2) is 95.7 Å². The molecule has 35 heavy (non-hydrogen) atoms. The number of carboxylic acid groups (broad SMARTS) is 1. The van der Waals surface area contributed by atoms with E-state index in [1.807, 2.05) is 6.26 Å². The van der Waals surface area contributed by atoms with Crippen LogP contribution in [0.4, 0.5) is 0 Å². The number of carbonyl (C=O) groups is 4. The molecule has 14 nitrogen and oxygen atoms in total. The summed E-state index contributed by atoms with van der Waals surface area (Å²) in [5.41, 5.74) is 21.9. The van der Waals surface area contributed by atoms with Crippen LogP contribution in [0.2, 0.25) is 0 Å². The van der Waals surface area contributed by atoms with Gasteiger partial charge < -0.3 is 49.1 Å². The Hall–Kier alpha value is -2.62. The molecule has 0 aliphatic heterocycles. The molecule has 4 atom stereocenters. The Morgan fingerprint density at radius 1 is 0.886 bits per heavy atom. The third-order valence-corrected chi connectivity index (χ3v) is 5.57. The van der Waals surface area contributed by atoms with E-state index in [1.165, 1.54) is 11.8 Å². The van der Waals surface area contributed by atoms with Crippen LogP contribution < -0.4 is 38.9 Å². The lowest BCUT2D eigenvalue weighted by molar-refractivity contribution is -0.143. The molecular formula is C20H40N8O6S. The number of nitrogens with two attached hydrogens (primary N) is 4. The summed E-state index contributed by atoms with van der Waals surface area (Å²) < 4.78 is 0. The maximum atomic E-state index is 13.0. The number of thioether (sulfide) groups is 1. The Labute approximate surface area is 209 Å². The van der Waals surface area contributed by atoms with Crippen molar-refractivity contribution in [1.29, 1.82) is 0 Å². The number of carboxylic acids is 1. The van der Waals surface area contributed by atoms with Crippen molar-refractivity contribution in [3.05, 3.63) is 0 Å². The Bertz CT molecular complexity index is 707. The summed E-state index contributed by atoms with van der Waals surface area (Å²) >= 11 is 1.47. The van der Waals surface area contributed by atoms with E-state index in [-0.39, 0.29) is 18.8 Å². The van der Waals surface area contributed by atoms with Crippen LogP contribution in [0.25, 0.3) is 0 Å². The van der Waals surface area contributed by atoms with Gasteiger partial charge in [0.05, 0.1) is 12.6 Å². The Kier molecular flexibility index (Phi) is 17.3. The SMILES string of the molecule is CSCCC(NC(=O)C(N)CCCN=C(N)N)C(=O)NC(CCCCN)C(=O)NC(CO)C(=O)O. The zero-order valence-corrected chi connectivity index (χ0v) is 20.9. The van der Waals surface area contributed by atoms with E-state index in [1.54, 1.807) is 0 Å². The first-order chi connectivity index (χ1) is 16.6. The van der Waals surface area contributed by atoms with Gasteiger partial charge in [0, 0.05) is 6.54 Å². The molecule has 0 fully saturated rings. The molecule has 0 spiro atoms. The first-order valence-corrected chi connectivity index (χ1v) is 12.7. The summed E-state index contributed by atoms with van der Waals surface area (Å²) in [6.45, 7) is -0.118. The molecule has 0 heterocycles. The first-order valence-electron chi connectivity index (χ1n) is 11.3. The molecule has 3 amide bonds. The molecule has 202 valence electrons. The minimum absolute atomic E-state index is 0.0597. The molecule has 0 aromatic carbocycles. The highest BCUT2D eigenvalue weighted by Crippen LogP contribution is 2.07. The highest BCUT2D eigenvalue weighted by molar-refractivity contribution is 7.98. The summed E-state index contributed by atoms with van der Waals surface area (Å²) in [5, 5.41) is 25.7. The van der Waals surface area contributed by atoms with Crippen molar-refractivity contribution in [2.24, 2.45) is 27.9 Å². The van der Waals surface area contributed by atoms with E-state index < -0.39 is 54.5 Å². The van der Waals surface area contributed by atoms with E-state index in [9.17, 15) is 24.3 Å². The fraction of sp³-hybridized carbons (Fsp3) is 0.750. The summed E-state index contributed by atoms with van der Waals surface area (Å²) in [5.74, 6) is -2.82. The summed E-state index contributed by atoms with van der Waals surface area (Å²) in [6.07, 6.45) is 4.16. The molecule has 0 aromatic rings. The Balaban J connectivity index is 5.28. The molecule has 0 aliphatic rings. The normalized spacial score (nSPS) is 14.2. The second kappa shape index (κ2) is 18.7. The predicted octanol–water partition coefficient (Wildman–Crippen LogP) is -3.22. The number of aliphatic carboxylic acids is 1. The van der Waals surface area contributed by atoms with Gasteiger partial charge in [0.2, 0.25) is 17.7 Å². The number of aliphatic hydroxyl groups is 1. The minimum atomic E-state index is -1.51. The topological polar surface area (TPSA) is 261 Å². The molecule has 4 unspecified atom stereocenters. The van der Waals surface area contributed by atoms with E-state index in [2.05, 4.69) is 20.9 Å². The number of nitrogens with zero attached hydrogens (tertiary/aromatic N) is 1. The van der Waals surface area contributed by atoms with Crippen LogP contribution in [-0.2, 0) is 19.2 Å². The zero-order valence-electron chi connectivity index (χ0n) is 20.1. The largest absolute Gasteiger partial charge is 0.480 e. The van der Waals surface area contributed by atoms with Gasteiger partial charge in [-0.05, 0) is 57.1 Å². The summed E-state index contributed by atoms with van der Waals surface area (Å²) in [7, 11) is 0. The highest BCUT2D eigenvalue weighted by atomic mass is 32.2. The minimum Gasteiger partial charge on any atom is -0.480 e. The Morgan fingerprint density at radius 2 is 1.46 bits per heavy atom. The Morgan fingerprint density at radius 3 is 1.97 bits per heavy atom. The van der Waals surface area contributed by atoms with E-state index in [0.717, 1.165) is 0 Å². The van der Waals surface area contributed by atoms with Crippen LogP contribution in [0.15, 0.2) is 4.99 Å². The molecule has 15 heteroatoms. The van der Waals surface area contributed by atoms with Crippen molar-refractivity contribution >= 4 is 41.4 Å². The number of unbranched alkanes of at least 4 members (excludes halogenated alkanes) is 1. The maximum Gasteiger partial charge on any atom is 0.328 e. The van der Waals surface area contributed by atoms with Crippen LogP contribution in [0.3, 0.4) is 0 Å². The van der Waals surface area contributed by atoms with Crippen molar-refractivity contribution in [3.63, 3.8) is 0 Å². The van der Waals surface area contributed by atoms with E-state index >= 15 is 0 Å². The first kappa shape index (κ1) is 32.4. The number of nitrogens with one attached hydrogen (secondary N) is 3. The van der Waals surface area contributed by atoms with Crippen LogP contribution in [0.5, 0.6) is 0 Å². The molecule has 0 bridgehead atoms. The third-order valence-electron chi connectivity index (χ3n) is 4.93. The zero-order chi connectivity index (χ0) is 26.8. The van der Waals surface area contributed by atoms with Crippen molar-refractivity contribution in [3.8, 4) is 0 Å². The molecular weight excluding hydrogens is 480 g/mol. The monoisotopic (exact) mass is 520 g/mol. The number of rotatable bonds is 19. The van der Waals surface area contributed by atoms with Gasteiger partial charge in [0.25, 0.3) is 0 Å². The smallest absolute Gasteiger partial charge is 0.328 e. The predicted molar refractivity (Wildman–Crippen MR) is 134 cm³/mol. The maximum absolute atomic E-state index is 13.0. The summed E-state index contributed by atoms with van der Waals surface area (Å²) in [4.78, 5) is 53.1. The molecule has 0 radical (unpaired) electrons. The number of guanidine groups is 1. The van der Waals surface area contributed by atoms with Crippen molar-refractivity contribution < 1.29 is 29.4 Å². The van der Waals surface area contributed by atoms with Gasteiger partial charge in [-0.1, -0.05) is 0 Å². The number of hydrogen-bond donors (Lipinski definition) is 9. The molecule has 0 saturated heterocycles. The molecule has 0 rings (SSSR count). The molecule has 0 aromatic heterocycles. The van der Waals surface area contributed by atoms with Gasteiger partial charge in [0.1, 0.15) is 18.1 Å². The fourth-order valence-electron chi connectivity index (χ4n) is 2.93. The quantitative estimate of drug-likeness (QED) is 0.0464. The lowest BCUT2D eigenvalue weighted by Gasteiger charge is -2.25. The van der Waals surface area contributed by atoms with Crippen LogP contribution in [0, 0.1) is 0 Å². The van der Waals surface area contributed by atoms with Crippen LogP contribution >= 0.6 is 11.8 Å². The van der Waals surface area contributed by atoms with Gasteiger partial charge in [0.15, 0.2) is 5.96 Å². The second-order valence-electron chi connectivity index (χ2n) is 7.83. The molecule has 13 N–H and O–H groups in total. The van der Waals surface area contributed by atoms with E-state index in [4.69, 9.17) is 28.0 Å².